The van der Waals surface area contributed by atoms with Gasteiger partial charge in [-0.05, 0) is 30.3 Å². The fraction of sp³-hybridized carbons (Fsp3) is 0.278. The number of phenolic OH excluding ortho intramolecular Hbond substituents is 1. The van der Waals surface area contributed by atoms with Crippen LogP contribution < -0.4 is 4.74 Å². The van der Waals surface area contributed by atoms with Crippen molar-refractivity contribution in [2.24, 2.45) is 4.99 Å². The van der Waals surface area contributed by atoms with Crippen LogP contribution in [0.2, 0.25) is 0 Å². The van der Waals surface area contributed by atoms with Gasteiger partial charge in [-0.25, -0.2) is 8.42 Å². The number of hydrogen-bond acceptors (Lipinski definition) is 5. The number of benzene rings is 2. The largest absolute Gasteiger partial charge is 0.507 e. The number of methoxy groups -OCH3 is 1. The van der Waals surface area contributed by atoms with E-state index in [1.165, 1.54) is 29.8 Å². The Hall–Kier alpha value is -2.38. The molecule has 25 heavy (non-hydrogen) atoms. The number of aromatic hydroxyl groups is 1. The van der Waals surface area contributed by atoms with Crippen molar-refractivity contribution in [3.05, 3.63) is 48.0 Å². The van der Waals surface area contributed by atoms with Crippen molar-refractivity contribution in [2.45, 2.75) is 18.7 Å². The third-order valence-electron chi connectivity index (χ3n) is 3.77. The van der Waals surface area contributed by atoms with Crippen molar-refractivity contribution in [1.29, 1.82) is 0 Å². The molecular weight excluding hydrogens is 340 g/mol. The number of ether oxygens (including phenoxy) is 1. The van der Waals surface area contributed by atoms with Gasteiger partial charge in [0.2, 0.25) is 10.0 Å². The summed E-state index contributed by atoms with van der Waals surface area (Å²) in [5, 5.41) is 9.81. The van der Waals surface area contributed by atoms with Crippen molar-refractivity contribution in [3.63, 3.8) is 0 Å². The van der Waals surface area contributed by atoms with Crippen LogP contribution in [0.15, 0.2) is 52.4 Å². The summed E-state index contributed by atoms with van der Waals surface area (Å²) in [7, 11) is -2.09. The fourth-order valence-electron chi connectivity index (χ4n) is 2.38. The lowest BCUT2D eigenvalue weighted by Crippen LogP contribution is -2.30. The molecule has 6 nitrogen and oxygen atoms in total. The first kappa shape index (κ1) is 19.0. The van der Waals surface area contributed by atoms with Crippen molar-refractivity contribution in [1.82, 2.24) is 4.31 Å². The molecule has 0 spiro atoms. The first-order valence-corrected chi connectivity index (χ1v) is 9.38. The minimum atomic E-state index is -3.59. The second kappa shape index (κ2) is 8.13. The molecule has 0 bridgehead atoms. The molecule has 2 aromatic carbocycles. The molecule has 0 aromatic heterocycles. The van der Waals surface area contributed by atoms with E-state index < -0.39 is 10.0 Å². The molecule has 7 heteroatoms. The zero-order chi connectivity index (χ0) is 18.4. The molecule has 134 valence electrons. The highest BCUT2D eigenvalue weighted by molar-refractivity contribution is 7.89. The normalized spacial score (nSPS) is 12.0. The van der Waals surface area contributed by atoms with Crippen LogP contribution in [0.25, 0.3) is 0 Å². The molecular formula is C18H22N2O4S. The molecule has 1 N–H and O–H groups in total. The lowest BCUT2D eigenvalue weighted by atomic mass is 10.2. The summed E-state index contributed by atoms with van der Waals surface area (Å²) >= 11 is 0. The molecule has 2 aromatic rings. The summed E-state index contributed by atoms with van der Waals surface area (Å²) in [6.07, 6.45) is 1.47. The lowest BCUT2D eigenvalue weighted by Gasteiger charge is -2.19. The number of rotatable bonds is 7. The molecule has 0 aliphatic heterocycles. The summed E-state index contributed by atoms with van der Waals surface area (Å²) in [5.74, 6) is 0.544. The Morgan fingerprint density at radius 1 is 1.16 bits per heavy atom. The second-order valence-electron chi connectivity index (χ2n) is 5.24. The predicted octanol–water partition coefficient (Wildman–Crippen LogP) is 3.18. The van der Waals surface area contributed by atoms with Gasteiger partial charge in [0.15, 0.2) is 0 Å². The van der Waals surface area contributed by atoms with E-state index in [2.05, 4.69) is 4.99 Å². The van der Waals surface area contributed by atoms with E-state index in [4.69, 9.17) is 4.74 Å². The zero-order valence-corrected chi connectivity index (χ0v) is 15.3. The van der Waals surface area contributed by atoms with Crippen molar-refractivity contribution < 1.29 is 18.3 Å². The number of para-hydroxylation sites is 1. The number of phenols is 1. The molecule has 0 aliphatic carbocycles. The molecule has 0 unspecified atom stereocenters. The number of hydrogen-bond donors (Lipinski definition) is 1. The van der Waals surface area contributed by atoms with Gasteiger partial charge in [-0.15, -0.1) is 0 Å². The smallest absolute Gasteiger partial charge is 0.243 e. The topological polar surface area (TPSA) is 79.2 Å². The van der Waals surface area contributed by atoms with Gasteiger partial charge in [-0.2, -0.15) is 4.31 Å². The highest BCUT2D eigenvalue weighted by Gasteiger charge is 2.22. The summed E-state index contributed by atoms with van der Waals surface area (Å²) in [6, 6.07) is 11.3. The van der Waals surface area contributed by atoms with Crippen LogP contribution in [0.1, 0.15) is 19.4 Å². The van der Waals surface area contributed by atoms with Crippen LogP contribution in [0.4, 0.5) is 5.69 Å². The third kappa shape index (κ3) is 4.18. The molecule has 2 rings (SSSR count). The van der Waals surface area contributed by atoms with Gasteiger partial charge in [-0.1, -0.05) is 26.0 Å². The molecule has 0 atom stereocenters. The average Bonchev–Trinajstić information content (AvgIpc) is 2.61. The molecule has 0 saturated heterocycles. The van der Waals surface area contributed by atoms with Crippen LogP contribution in [0.5, 0.6) is 11.5 Å². The van der Waals surface area contributed by atoms with E-state index in [9.17, 15) is 13.5 Å². The Bertz CT molecular complexity index is 859. The van der Waals surface area contributed by atoms with Gasteiger partial charge in [0.05, 0.1) is 12.0 Å². The van der Waals surface area contributed by atoms with E-state index in [1.807, 2.05) is 0 Å². The minimum Gasteiger partial charge on any atom is -0.507 e. The van der Waals surface area contributed by atoms with Crippen molar-refractivity contribution in [3.8, 4) is 11.5 Å². The summed E-state index contributed by atoms with van der Waals surface area (Å²) in [5.41, 5.74) is 0.903. The van der Waals surface area contributed by atoms with E-state index in [-0.39, 0.29) is 10.6 Å². The van der Waals surface area contributed by atoms with Gasteiger partial charge in [-0.3, -0.25) is 4.99 Å². The van der Waals surface area contributed by atoms with Crippen LogP contribution in [-0.2, 0) is 10.0 Å². The molecule has 0 aliphatic rings. The molecule has 0 radical (unpaired) electrons. The maximum absolute atomic E-state index is 12.7. The van der Waals surface area contributed by atoms with Crippen LogP contribution in [0, 0.1) is 0 Å². The SMILES string of the molecule is CCN(CC)S(=O)(=O)c1ccc(OC)c(N=Cc2ccccc2O)c1. The van der Waals surface area contributed by atoms with Gasteiger partial charge in [0, 0.05) is 24.9 Å². The third-order valence-corrected chi connectivity index (χ3v) is 5.82. The first-order chi connectivity index (χ1) is 11.9. The summed E-state index contributed by atoms with van der Waals surface area (Å²) in [4.78, 5) is 4.45. The van der Waals surface area contributed by atoms with E-state index in [1.54, 1.807) is 44.2 Å². The van der Waals surface area contributed by atoms with Crippen LogP contribution in [-0.4, -0.2) is 44.2 Å². The van der Waals surface area contributed by atoms with Crippen LogP contribution in [0.3, 0.4) is 0 Å². The maximum atomic E-state index is 12.7. The first-order valence-electron chi connectivity index (χ1n) is 7.94. The van der Waals surface area contributed by atoms with Gasteiger partial charge >= 0.3 is 0 Å². The number of nitrogens with zero attached hydrogens (tertiary/aromatic N) is 2. The summed E-state index contributed by atoms with van der Waals surface area (Å²) < 4.78 is 32.0. The molecule has 0 heterocycles. The van der Waals surface area contributed by atoms with Crippen molar-refractivity contribution in [2.75, 3.05) is 20.2 Å². The Morgan fingerprint density at radius 3 is 2.44 bits per heavy atom. The van der Waals surface area contributed by atoms with E-state index in [0.29, 0.717) is 30.1 Å². The zero-order valence-electron chi connectivity index (χ0n) is 14.5. The summed E-state index contributed by atoms with van der Waals surface area (Å²) in [6.45, 7) is 4.37. The monoisotopic (exact) mass is 362 g/mol. The Kier molecular flexibility index (Phi) is 6.17. The highest BCUT2D eigenvalue weighted by atomic mass is 32.2. The predicted molar refractivity (Wildman–Crippen MR) is 98.5 cm³/mol. The van der Waals surface area contributed by atoms with Gasteiger partial charge in [0.25, 0.3) is 0 Å². The molecule has 0 saturated carbocycles. The second-order valence-corrected chi connectivity index (χ2v) is 7.18. The van der Waals surface area contributed by atoms with E-state index in [0.717, 1.165) is 0 Å². The standard InChI is InChI=1S/C18H22N2O4S/c1-4-20(5-2)25(22,23)15-10-11-18(24-3)16(12-15)19-13-14-8-6-7-9-17(14)21/h6-13,21H,4-5H2,1-3H3. The van der Waals surface area contributed by atoms with Gasteiger partial charge < -0.3 is 9.84 Å². The highest BCUT2D eigenvalue weighted by Crippen LogP contribution is 2.31. The Labute approximate surface area is 148 Å². The molecule has 0 fully saturated rings. The number of aliphatic imine (C=N–C) groups is 1. The Morgan fingerprint density at radius 2 is 1.84 bits per heavy atom. The quantitative estimate of drug-likeness (QED) is 0.767. The van der Waals surface area contributed by atoms with Crippen molar-refractivity contribution >= 4 is 21.9 Å². The fourth-order valence-corrected chi connectivity index (χ4v) is 3.86. The number of sulfonamides is 1. The van der Waals surface area contributed by atoms with Crippen LogP contribution >= 0.6 is 0 Å². The minimum absolute atomic E-state index is 0.0946. The van der Waals surface area contributed by atoms with Gasteiger partial charge in [0.1, 0.15) is 17.2 Å². The van der Waals surface area contributed by atoms with E-state index >= 15 is 0 Å². The molecule has 0 amide bonds. The Balaban J connectivity index is 2.46. The lowest BCUT2D eigenvalue weighted by molar-refractivity contribution is 0.415. The maximum Gasteiger partial charge on any atom is 0.243 e. The average molecular weight is 362 g/mol.